The summed E-state index contributed by atoms with van der Waals surface area (Å²) < 4.78 is 0. The Bertz CT molecular complexity index is 714. The van der Waals surface area contributed by atoms with Crippen molar-refractivity contribution in [2.24, 2.45) is 5.92 Å². The van der Waals surface area contributed by atoms with E-state index in [-0.39, 0.29) is 17.7 Å². The van der Waals surface area contributed by atoms with Crippen molar-refractivity contribution in [2.45, 2.75) is 32.6 Å². The molecule has 1 aromatic rings. The van der Waals surface area contributed by atoms with E-state index in [9.17, 15) is 14.4 Å². The first-order valence-electron chi connectivity index (χ1n) is 9.51. The normalized spacial score (nSPS) is 19.8. The molecule has 1 unspecified atom stereocenters. The van der Waals surface area contributed by atoms with Crippen molar-refractivity contribution in [3.8, 4) is 0 Å². The van der Waals surface area contributed by atoms with Crippen LogP contribution in [0.15, 0.2) is 18.2 Å². The fourth-order valence-corrected chi connectivity index (χ4v) is 3.83. The molecule has 1 atom stereocenters. The first kappa shape index (κ1) is 18.6. The van der Waals surface area contributed by atoms with E-state index in [2.05, 4.69) is 5.32 Å². The molecule has 3 amide bonds. The summed E-state index contributed by atoms with van der Waals surface area (Å²) in [4.78, 5) is 41.0. The molecule has 1 aromatic carbocycles. The van der Waals surface area contributed by atoms with Gasteiger partial charge in [-0.25, -0.2) is 0 Å². The van der Waals surface area contributed by atoms with Gasteiger partial charge in [-0.2, -0.15) is 0 Å². The molecule has 0 saturated carbocycles. The van der Waals surface area contributed by atoms with Gasteiger partial charge in [-0.1, -0.05) is 13.3 Å². The molecule has 1 N–H and O–H groups in total. The van der Waals surface area contributed by atoms with Crippen LogP contribution in [-0.2, 0) is 0 Å². The van der Waals surface area contributed by atoms with Gasteiger partial charge < -0.3 is 10.2 Å². The molecule has 2 aliphatic heterocycles. The van der Waals surface area contributed by atoms with Crippen LogP contribution in [0, 0.1) is 5.92 Å². The van der Waals surface area contributed by atoms with Gasteiger partial charge in [-0.05, 0) is 57.0 Å². The van der Waals surface area contributed by atoms with Crippen molar-refractivity contribution in [1.82, 2.24) is 15.1 Å². The predicted molar refractivity (Wildman–Crippen MR) is 99.3 cm³/mol. The maximum Gasteiger partial charge on any atom is 0.261 e. The third-order valence-electron chi connectivity index (χ3n) is 5.25. The fourth-order valence-electron chi connectivity index (χ4n) is 3.83. The fraction of sp³-hybridized carbons (Fsp3) is 0.550. The van der Waals surface area contributed by atoms with Gasteiger partial charge in [0, 0.05) is 25.2 Å². The number of likely N-dealkylation sites (tertiary alicyclic amines) is 1. The minimum Gasteiger partial charge on any atom is -0.338 e. The Morgan fingerprint density at radius 1 is 1.23 bits per heavy atom. The van der Waals surface area contributed by atoms with Crippen LogP contribution < -0.4 is 5.32 Å². The maximum atomic E-state index is 12.9. The number of hydrogen-bond donors (Lipinski definition) is 1. The Labute approximate surface area is 154 Å². The molecule has 3 rings (SSSR count). The van der Waals surface area contributed by atoms with E-state index in [0.29, 0.717) is 29.2 Å². The molecule has 0 bridgehead atoms. The number of amides is 3. The number of hydrogen-bond acceptors (Lipinski definition) is 4. The number of benzene rings is 1. The molecular formula is C20H27N3O3. The summed E-state index contributed by atoms with van der Waals surface area (Å²) in [7, 11) is 1.92. The van der Waals surface area contributed by atoms with Gasteiger partial charge in [0.2, 0.25) is 0 Å². The zero-order valence-electron chi connectivity index (χ0n) is 15.6. The van der Waals surface area contributed by atoms with Gasteiger partial charge in [0.15, 0.2) is 0 Å². The lowest BCUT2D eigenvalue weighted by Crippen LogP contribution is -2.42. The molecule has 6 nitrogen and oxygen atoms in total. The molecule has 2 heterocycles. The standard InChI is InChI=1S/C20H27N3O3/c1-3-4-10-23-19(25)16-8-7-15(11-17(16)20(23)26)18(24)22-9-5-6-14(13-22)12-21-2/h7-8,11,14,21H,3-6,9-10,12-13H2,1-2H3. The monoisotopic (exact) mass is 357 g/mol. The van der Waals surface area contributed by atoms with Crippen LogP contribution in [0.4, 0.5) is 0 Å². The number of carbonyl (C=O) groups is 3. The number of rotatable bonds is 6. The number of nitrogens with zero attached hydrogens (tertiary/aromatic N) is 2. The summed E-state index contributed by atoms with van der Waals surface area (Å²) in [6, 6.07) is 4.91. The minimum absolute atomic E-state index is 0.0548. The number of imide groups is 1. The molecule has 2 aliphatic rings. The first-order valence-corrected chi connectivity index (χ1v) is 9.51. The largest absolute Gasteiger partial charge is 0.338 e. The summed E-state index contributed by atoms with van der Waals surface area (Å²) >= 11 is 0. The van der Waals surface area contributed by atoms with Gasteiger partial charge in [0.05, 0.1) is 11.1 Å². The second-order valence-corrected chi connectivity index (χ2v) is 7.19. The Hall–Kier alpha value is -2.21. The zero-order chi connectivity index (χ0) is 18.7. The Balaban J connectivity index is 1.77. The summed E-state index contributed by atoms with van der Waals surface area (Å²) in [5.41, 5.74) is 1.27. The highest BCUT2D eigenvalue weighted by atomic mass is 16.2. The second-order valence-electron chi connectivity index (χ2n) is 7.19. The maximum absolute atomic E-state index is 12.9. The van der Waals surface area contributed by atoms with Crippen molar-refractivity contribution in [3.05, 3.63) is 34.9 Å². The minimum atomic E-state index is -0.278. The quantitative estimate of drug-likeness (QED) is 0.792. The average molecular weight is 357 g/mol. The molecule has 1 fully saturated rings. The molecule has 140 valence electrons. The Kier molecular flexibility index (Phi) is 5.71. The van der Waals surface area contributed by atoms with Crippen LogP contribution in [0.2, 0.25) is 0 Å². The Morgan fingerprint density at radius 2 is 2.00 bits per heavy atom. The van der Waals surface area contributed by atoms with Crippen molar-refractivity contribution < 1.29 is 14.4 Å². The van der Waals surface area contributed by atoms with Crippen molar-refractivity contribution in [2.75, 3.05) is 33.2 Å². The topological polar surface area (TPSA) is 69.7 Å². The van der Waals surface area contributed by atoms with Gasteiger partial charge >= 0.3 is 0 Å². The highest BCUT2D eigenvalue weighted by molar-refractivity contribution is 6.22. The molecule has 0 spiro atoms. The van der Waals surface area contributed by atoms with Gasteiger partial charge in [-0.3, -0.25) is 19.3 Å². The van der Waals surface area contributed by atoms with E-state index in [0.717, 1.165) is 45.3 Å². The summed E-state index contributed by atoms with van der Waals surface area (Å²) in [6.07, 6.45) is 3.82. The number of fused-ring (bicyclic) bond motifs is 1. The van der Waals surface area contributed by atoms with Crippen molar-refractivity contribution in [3.63, 3.8) is 0 Å². The molecule has 0 radical (unpaired) electrons. The molecule has 1 saturated heterocycles. The van der Waals surface area contributed by atoms with Crippen LogP contribution in [0.5, 0.6) is 0 Å². The lowest BCUT2D eigenvalue weighted by Gasteiger charge is -2.32. The van der Waals surface area contributed by atoms with Crippen LogP contribution in [0.1, 0.15) is 63.7 Å². The lowest BCUT2D eigenvalue weighted by atomic mass is 9.97. The van der Waals surface area contributed by atoms with E-state index < -0.39 is 0 Å². The van der Waals surface area contributed by atoms with E-state index in [1.165, 1.54) is 4.90 Å². The van der Waals surface area contributed by atoms with E-state index in [1.807, 2.05) is 18.9 Å². The van der Waals surface area contributed by atoms with Gasteiger partial charge in [-0.15, -0.1) is 0 Å². The number of carbonyl (C=O) groups excluding carboxylic acids is 3. The number of nitrogens with one attached hydrogen (secondary N) is 1. The van der Waals surface area contributed by atoms with Crippen LogP contribution in [-0.4, -0.2) is 60.7 Å². The molecule has 26 heavy (non-hydrogen) atoms. The molecule has 6 heteroatoms. The lowest BCUT2D eigenvalue weighted by molar-refractivity contribution is 0.0650. The summed E-state index contributed by atoms with van der Waals surface area (Å²) in [6.45, 7) is 4.82. The predicted octanol–water partition coefficient (Wildman–Crippen LogP) is 2.15. The third-order valence-corrected chi connectivity index (χ3v) is 5.25. The highest BCUT2D eigenvalue weighted by Gasteiger charge is 2.36. The summed E-state index contributed by atoms with van der Waals surface area (Å²) in [5, 5.41) is 3.18. The SMILES string of the molecule is CCCCN1C(=O)c2ccc(C(=O)N3CCCC(CNC)C3)cc2C1=O. The average Bonchev–Trinajstić information content (AvgIpc) is 2.90. The molecule has 0 aromatic heterocycles. The zero-order valence-corrected chi connectivity index (χ0v) is 15.6. The van der Waals surface area contributed by atoms with Gasteiger partial charge in [0.25, 0.3) is 17.7 Å². The van der Waals surface area contributed by atoms with E-state index in [1.54, 1.807) is 18.2 Å². The summed E-state index contributed by atoms with van der Waals surface area (Å²) in [5.74, 6) is -0.120. The smallest absolute Gasteiger partial charge is 0.261 e. The van der Waals surface area contributed by atoms with Crippen molar-refractivity contribution in [1.29, 1.82) is 0 Å². The number of piperidine rings is 1. The van der Waals surface area contributed by atoms with Crippen LogP contribution in [0.25, 0.3) is 0 Å². The number of unbranched alkanes of at least 4 members (excludes halogenated alkanes) is 1. The van der Waals surface area contributed by atoms with Crippen LogP contribution >= 0.6 is 0 Å². The van der Waals surface area contributed by atoms with E-state index in [4.69, 9.17) is 0 Å². The first-order chi connectivity index (χ1) is 12.6. The van der Waals surface area contributed by atoms with Crippen molar-refractivity contribution >= 4 is 17.7 Å². The van der Waals surface area contributed by atoms with Crippen LogP contribution in [0.3, 0.4) is 0 Å². The Morgan fingerprint density at radius 3 is 2.73 bits per heavy atom. The molecular weight excluding hydrogens is 330 g/mol. The molecule has 0 aliphatic carbocycles. The second kappa shape index (κ2) is 7.99. The third kappa shape index (κ3) is 3.51. The highest BCUT2D eigenvalue weighted by Crippen LogP contribution is 2.26. The van der Waals surface area contributed by atoms with E-state index >= 15 is 0 Å². The van der Waals surface area contributed by atoms with Gasteiger partial charge in [0.1, 0.15) is 0 Å².